The van der Waals surface area contributed by atoms with Gasteiger partial charge in [0.05, 0.1) is 27.6 Å². The summed E-state index contributed by atoms with van der Waals surface area (Å²) in [7, 11) is -8.10. The lowest BCUT2D eigenvalue weighted by Crippen LogP contribution is -2.19. The van der Waals surface area contributed by atoms with Crippen LogP contribution in [0.1, 0.15) is 16.7 Å². The Bertz CT molecular complexity index is 1650. The molecule has 10 heteroatoms. The molecular weight excluding hydrogens is 522 g/mol. The summed E-state index contributed by atoms with van der Waals surface area (Å²) in [5.41, 5.74) is 2.85. The van der Waals surface area contributed by atoms with Gasteiger partial charge in [0.2, 0.25) is 5.91 Å². The monoisotopic (exact) mass is 549 g/mol. The molecule has 0 spiro atoms. The van der Waals surface area contributed by atoms with E-state index >= 15 is 0 Å². The average Bonchev–Trinajstić information content (AvgIpc) is 2.86. The third kappa shape index (κ3) is 6.78. The minimum atomic E-state index is -4.07. The summed E-state index contributed by atoms with van der Waals surface area (Å²) in [5.74, 6) is -0.309. The van der Waals surface area contributed by atoms with E-state index in [9.17, 15) is 21.6 Å². The number of anilines is 3. The topological polar surface area (TPSA) is 121 Å². The highest BCUT2D eigenvalue weighted by molar-refractivity contribution is 7.93. The number of rotatable bonds is 9. The van der Waals surface area contributed by atoms with Gasteiger partial charge in [-0.15, -0.1) is 0 Å². The van der Waals surface area contributed by atoms with Crippen LogP contribution >= 0.6 is 0 Å². The second-order valence-electron chi connectivity index (χ2n) is 8.81. The van der Waals surface area contributed by atoms with Gasteiger partial charge in [0.15, 0.2) is 0 Å². The summed E-state index contributed by atoms with van der Waals surface area (Å²) >= 11 is 0. The fourth-order valence-electron chi connectivity index (χ4n) is 3.62. The Morgan fingerprint density at radius 1 is 0.632 bits per heavy atom. The van der Waals surface area contributed by atoms with Crippen molar-refractivity contribution < 1.29 is 21.6 Å². The van der Waals surface area contributed by atoms with Gasteiger partial charge in [0.25, 0.3) is 20.0 Å². The van der Waals surface area contributed by atoms with Crippen LogP contribution in [-0.2, 0) is 31.3 Å². The molecule has 0 saturated heterocycles. The second kappa shape index (κ2) is 11.1. The van der Waals surface area contributed by atoms with Gasteiger partial charge in [-0.2, -0.15) is 0 Å². The molecule has 0 bridgehead atoms. The zero-order chi connectivity index (χ0) is 27.3. The molecule has 4 rings (SSSR count). The summed E-state index contributed by atoms with van der Waals surface area (Å²) in [6.45, 7) is 3.68. The van der Waals surface area contributed by atoms with Crippen LogP contribution < -0.4 is 14.8 Å². The quantitative estimate of drug-likeness (QED) is 0.269. The fraction of sp³-hybridized carbons (Fsp3) is 0.107. The van der Waals surface area contributed by atoms with Gasteiger partial charge < -0.3 is 5.32 Å². The molecule has 8 nitrogen and oxygen atoms in total. The molecular formula is C28H27N3O5S2. The highest BCUT2D eigenvalue weighted by Crippen LogP contribution is 2.30. The van der Waals surface area contributed by atoms with Gasteiger partial charge in [0.1, 0.15) is 0 Å². The maximum absolute atomic E-state index is 13.1. The number of nitrogens with one attached hydrogen (secondary N) is 3. The van der Waals surface area contributed by atoms with E-state index in [0.29, 0.717) is 5.69 Å². The zero-order valence-electron chi connectivity index (χ0n) is 20.8. The molecule has 0 aliphatic heterocycles. The third-order valence-corrected chi connectivity index (χ3v) is 8.42. The van der Waals surface area contributed by atoms with Crippen LogP contribution in [0.25, 0.3) is 0 Å². The normalized spacial score (nSPS) is 11.5. The Morgan fingerprint density at radius 3 is 1.66 bits per heavy atom. The van der Waals surface area contributed by atoms with Crippen LogP contribution in [0.4, 0.5) is 17.1 Å². The first-order valence-electron chi connectivity index (χ1n) is 11.7. The van der Waals surface area contributed by atoms with E-state index in [4.69, 9.17) is 0 Å². The number of carbonyl (C=O) groups is 1. The predicted molar refractivity (Wildman–Crippen MR) is 149 cm³/mol. The fourth-order valence-corrected chi connectivity index (χ4v) is 5.77. The molecule has 0 aliphatic rings. The van der Waals surface area contributed by atoms with Crippen molar-refractivity contribution in [3.8, 4) is 0 Å². The molecule has 0 atom stereocenters. The Kier molecular flexibility index (Phi) is 7.84. The lowest BCUT2D eigenvalue weighted by Gasteiger charge is -2.17. The molecule has 0 aliphatic carbocycles. The highest BCUT2D eigenvalue weighted by Gasteiger charge is 2.21. The second-order valence-corrected chi connectivity index (χ2v) is 12.2. The standard InChI is InChI=1S/C28H27N3O5S2/c1-20-8-13-24(14-9-20)37(33,34)30-26-17-12-23(29-28(32)18-22-6-4-3-5-7-22)19-27(26)31-38(35,36)25-15-10-21(2)11-16-25/h3-17,19,30-31H,18H2,1-2H3,(H,29,32). The average molecular weight is 550 g/mol. The highest BCUT2D eigenvalue weighted by atomic mass is 32.2. The van der Waals surface area contributed by atoms with Crippen molar-refractivity contribution in [2.45, 2.75) is 30.1 Å². The van der Waals surface area contributed by atoms with Crippen molar-refractivity contribution in [1.29, 1.82) is 0 Å². The van der Waals surface area contributed by atoms with Crippen molar-refractivity contribution in [3.05, 3.63) is 114 Å². The summed E-state index contributed by atoms with van der Waals surface area (Å²) in [4.78, 5) is 12.6. The van der Waals surface area contributed by atoms with Gasteiger partial charge >= 0.3 is 0 Å². The van der Waals surface area contributed by atoms with Crippen LogP contribution in [0.15, 0.2) is 107 Å². The Labute approximate surface area is 222 Å². The minimum Gasteiger partial charge on any atom is -0.326 e. The van der Waals surface area contributed by atoms with E-state index in [1.807, 2.05) is 44.2 Å². The van der Waals surface area contributed by atoms with Crippen molar-refractivity contribution in [2.24, 2.45) is 0 Å². The molecule has 38 heavy (non-hydrogen) atoms. The Balaban J connectivity index is 1.66. The smallest absolute Gasteiger partial charge is 0.261 e. The number of benzene rings is 4. The molecule has 1 amide bonds. The van der Waals surface area contributed by atoms with Crippen molar-refractivity contribution >= 4 is 43.0 Å². The largest absolute Gasteiger partial charge is 0.326 e. The van der Waals surface area contributed by atoms with Gasteiger partial charge in [-0.05, 0) is 61.9 Å². The Morgan fingerprint density at radius 2 is 1.13 bits per heavy atom. The van der Waals surface area contributed by atoms with E-state index in [2.05, 4.69) is 14.8 Å². The van der Waals surface area contributed by atoms with Crippen LogP contribution in [0.2, 0.25) is 0 Å². The van der Waals surface area contributed by atoms with Gasteiger partial charge in [-0.1, -0.05) is 65.7 Å². The first-order chi connectivity index (χ1) is 18.0. The van der Waals surface area contributed by atoms with Crippen molar-refractivity contribution in [1.82, 2.24) is 0 Å². The van der Waals surface area contributed by atoms with E-state index in [1.54, 1.807) is 24.3 Å². The summed E-state index contributed by atoms with van der Waals surface area (Å²) in [5, 5.41) is 2.74. The molecule has 4 aromatic carbocycles. The molecule has 0 radical (unpaired) electrons. The number of hydrogen-bond acceptors (Lipinski definition) is 5. The number of hydrogen-bond donors (Lipinski definition) is 3. The molecule has 0 heterocycles. The van der Waals surface area contributed by atoms with Gasteiger partial charge in [0, 0.05) is 5.69 Å². The zero-order valence-corrected chi connectivity index (χ0v) is 22.4. The minimum absolute atomic E-state index is 0.00215. The molecule has 0 fully saturated rings. The lowest BCUT2D eigenvalue weighted by atomic mass is 10.1. The van der Waals surface area contributed by atoms with Gasteiger partial charge in [-0.25, -0.2) is 16.8 Å². The lowest BCUT2D eigenvalue weighted by molar-refractivity contribution is -0.115. The molecule has 0 unspecified atom stereocenters. The number of sulfonamides is 2. The first-order valence-corrected chi connectivity index (χ1v) is 14.7. The predicted octanol–water partition coefficient (Wildman–Crippen LogP) is 5.09. The maximum Gasteiger partial charge on any atom is 0.261 e. The Hall–Kier alpha value is -4.15. The summed E-state index contributed by atoms with van der Waals surface area (Å²) in [6.07, 6.45) is 0.118. The molecule has 0 aromatic heterocycles. The molecule has 0 saturated carbocycles. The number of amides is 1. The number of aryl methyl sites for hydroxylation is 2. The van der Waals surface area contributed by atoms with Crippen LogP contribution in [0, 0.1) is 13.8 Å². The van der Waals surface area contributed by atoms with E-state index in [-0.39, 0.29) is 33.5 Å². The van der Waals surface area contributed by atoms with Crippen molar-refractivity contribution in [3.63, 3.8) is 0 Å². The number of carbonyl (C=O) groups excluding carboxylic acids is 1. The first kappa shape index (κ1) is 26.9. The van der Waals surface area contributed by atoms with E-state index in [1.165, 1.54) is 42.5 Å². The third-order valence-electron chi connectivity index (χ3n) is 5.66. The van der Waals surface area contributed by atoms with Crippen molar-refractivity contribution in [2.75, 3.05) is 14.8 Å². The summed E-state index contributed by atoms with van der Waals surface area (Å²) in [6, 6.07) is 25.9. The maximum atomic E-state index is 13.1. The van der Waals surface area contributed by atoms with Gasteiger partial charge in [-0.3, -0.25) is 14.2 Å². The van der Waals surface area contributed by atoms with Crippen LogP contribution in [0.5, 0.6) is 0 Å². The molecule has 4 aromatic rings. The van der Waals surface area contributed by atoms with E-state index < -0.39 is 20.0 Å². The SMILES string of the molecule is Cc1ccc(S(=O)(=O)Nc2ccc(NC(=O)Cc3ccccc3)cc2NS(=O)(=O)c2ccc(C)cc2)cc1. The molecule has 3 N–H and O–H groups in total. The van der Waals surface area contributed by atoms with E-state index in [0.717, 1.165) is 16.7 Å². The molecule has 196 valence electrons. The van der Waals surface area contributed by atoms with Crippen LogP contribution in [-0.4, -0.2) is 22.7 Å². The summed E-state index contributed by atoms with van der Waals surface area (Å²) < 4.78 is 57.3. The van der Waals surface area contributed by atoms with Crippen LogP contribution in [0.3, 0.4) is 0 Å².